The summed E-state index contributed by atoms with van der Waals surface area (Å²) in [6.07, 6.45) is 2.59. The lowest BCUT2D eigenvalue weighted by molar-refractivity contribution is 0.242. The number of nitrogens with zero attached hydrogens (tertiary/aromatic N) is 2. The van der Waals surface area contributed by atoms with Crippen molar-refractivity contribution in [2.24, 2.45) is 0 Å². The minimum Gasteiger partial charge on any atom is -0.491 e. The van der Waals surface area contributed by atoms with E-state index in [1.165, 1.54) is 12.8 Å². The standard InChI is InChI=1S/C17H22N4O/c1-11(2)22-15-8-6-13(7-9-15)19-16-10-12(3)18-17(21-16)20-14-4-5-14/h6-11,14H,4-5H2,1-3H3,(H2,18,19,20,21). The van der Waals surface area contributed by atoms with E-state index in [2.05, 4.69) is 20.6 Å². The first-order valence-electron chi connectivity index (χ1n) is 7.74. The number of aromatic nitrogens is 2. The zero-order valence-corrected chi connectivity index (χ0v) is 13.3. The van der Waals surface area contributed by atoms with Crippen molar-refractivity contribution in [2.75, 3.05) is 10.6 Å². The molecule has 1 aliphatic rings. The summed E-state index contributed by atoms with van der Waals surface area (Å²) in [7, 11) is 0. The second-order valence-electron chi connectivity index (χ2n) is 5.95. The molecule has 1 fully saturated rings. The fraction of sp³-hybridized carbons (Fsp3) is 0.412. The summed E-state index contributed by atoms with van der Waals surface area (Å²) >= 11 is 0. The van der Waals surface area contributed by atoms with Crippen molar-refractivity contribution in [3.63, 3.8) is 0 Å². The molecule has 1 aromatic carbocycles. The highest BCUT2D eigenvalue weighted by molar-refractivity contribution is 5.58. The highest BCUT2D eigenvalue weighted by Crippen LogP contribution is 2.25. The summed E-state index contributed by atoms with van der Waals surface area (Å²) < 4.78 is 5.64. The number of ether oxygens (including phenoxy) is 1. The third-order valence-electron chi connectivity index (χ3n) is 3.26. The van der Waals surface area contributed by atoms with Crippen LogP contribution in [0.3, 0.4) is 0 Å². The zero-order valence-electron chi connectivity index (χ0n) is 13.3. The van der Waals surface area contributed by atoms with Crippen molar-refractivity contribution >= 4 is 17.5 Å². The van der Waals surface area contributed by atoms with Gasteiger partial charge in [0.2, 0.25) is 5.95 Å². The molecule has 5 heteroatoms. The SMILES string of the molecule is Cc1cc(Nc2ccc(OC(C)C)cc2)nc(NC2CC2)n1. The van der Waals surface area contributed by atoms with E-state index >= 15 is 0 Å². The smallest absolute Gasteiger partial charge is 0.225 e. The predicted molar refractivity (Wildman–Crippen MR) is 88.9 cm³/mol. The van der Waals surface area contributed by atoms with Gasteiger partial charge < -0.3 is 15.4 Å². The molecule has 3 rings (SSSR count). The molecule has 0 atom stereocenters. The van der Waals surface area contributed by atoms with Crippen LogP contribution >= 0.6 is 0 Å². The van der Waals surface area contributed by atoms with Crippen LogP contribution in [-0.2, 0) is 0 Å². The Hall–Kier alpha value is -2.30. The second kappa shape index (κ2) is 6.22. The van der Waals surface area contributed by atoms with Crippen LogP contribution in [0.15, 0.2) is 30.3 Å². The average molecular weight is 298 g/mol. The van der Waals surface area contributed by atoms with Gasteiger partial charge in [0.1, 0.15) is 11.6 Å². The average Bonchev–Trinajstić information content (AvgIpc) is 3.24. The Kier molecular flexibility index (Phi) is 4.13. The maximum atomic E-state index is 5.64. The molecular formula is C17H22N4O. The van der Waals surface area contributed by atoms with Gasteiger partial charge in [-0.3, -0.25) is 0 Å². The fourth-order valence-electron chi connectivity index (χ4n) is 2.14. The molecule has 1 saturated carbocycles. The molecule has 22 heavy (non-hydrogen) atoms. The Balaban J connectivity index is 1.70. The minimum atomic E-state index is 0.180. The first kappa shape index (κ1) is 14.6. The summed E-state index contributed by atoms with van der Waals surface area (Å²) in [5.41, 5.74) is 1.92. The van der Waals surface area contributed by atoms with Crippen LogP contribution in [0.25, 0.3) is 0 Å². The van der Waals surface area contributed by atoms with Crippen molar-refractivity contribution in [1.82, 2.24) is 9.97 Å². The number of anilines is 3. The Morgan fingerprint density at radius 1 is 1.14 bits per heavy atom. The van der Waals surface area contributed by atoms with E-state index in [1.807, 2.05) is 51.1 Å². The van der Waals surface area contributed by atoms with E-state index < -0.39 is 0 Å². The second-order valence-corrected chi connectivity index (χ2v) is 5.95. The van der Waals surface area contributed by atoms with E-state index in [1.54, 1.807) is 0 Å². The Morgan fingerprint density at radius 3 is 2.50 bits per heavy atom. The molecule has 0 bridgehead atoms. The molecule has 0 aliphatic heterocycles. The molecule has 2 aromatic rings. The largest absolute Gasteiger partial charge is 0.491 e. The van der Waals surface area contributed by atoms with E-state index in [0.29, 0.717) is 12.0 Å². The lowest BCUT2D eigenvalue weighted by Crippen LogP contribution is -2.08. The number of hydrogen-bond donors (Lipinski definition) is 2. The van der Waals surface area contributed by atoms with Crippen LogP contribution in [0.2, 0.25) is 0 Å². The molecule has 0 amide bonds. The van der Waals surface area contributed by atoms with Crippen LogP contribution < -0.4 is 15.4 Å². The van der Waals surface area contributed by atoms with Gasteiger partial charge in [-0.1, -0.05) is 0 Å². The third-order valence-corrected chi connectivity index (χ3v) is 3.26. The molecule has 5 nitrogen and oxygen atoms in total. The van der Waals surface area contributed by atoms with Crippen LogP contribution in [0, 0.1) is 6.92 Å². The normalized spacial score (nSPS) is 14.0. The molecule has 116 valence electrons. The minimum absolute atomic E-state index is 0.180. The molecule has 0 unspecified atom stereocenters. The molecule has 2 N–H and O–H groups in total. The number of rotatable bonds is 6. The zero-order chi connectivity index (χ0) is 15.5. The highest BCUT2D eigenvalue weighted by Gasteiger charge is 2.22. The summed E-state index contributed by atoms with van der Waals surface area (Å²) in [5.74, 6) is 2.37. The molecule has 1 heterocycles. The number of benzene rings is 1. The van der Waals surface area contributed by atoms with Crippen molar-refractivity contribution in [2.45, 2.75) is 45.8 Å². The number of aryl methyl sites for hydroxylation is 1. The fourth-order valence-corrected chi connectivity index (χ4v) is 2.14. The van der Waals surface area contributed by atoms with Gasteiger partial charge >= 0.3 is 0 Å². The van der Waals surface area contributed by atoms with Gasteiger partial charge in [-0.25, -0.2) is 4.98 Å². The number of nitrogens with one attached hydrogen (secondary N) is 2. The van der Waals surface area contributed by atoms with Crippen LogP contribution in [0.5, 0.6) is 5.75 Å². The summed E-state index contributed by atoms with van der Waals surface area (Å²) in [6.45, 7) is 6.01. The van der Waals surface area contributed by atoms with Crippen molar-refractivity contribution in [3.8, 4) is 5.75 Å². The molecule has 1 aromatic heterocycles. The highest BCUT2D eigenvalue weighted by atomic mass is 16.5. The van der Waals surface area contributed by atoms with E-state index in [0.717, 1.165) is 22.9 Å². The molecule has 1 aliphatic carbocycles. The van der Waals surface area contributed by atoms with E-state index in [4.69, 9.17) is 4.74 Å². The van der Waals surface area contributed by atoms with Crippen molar-refractivity contribution in [3.05, 3.63) is 36.0 Å². The van der Waals surface area contributed by atoms with Gasteiger partial charge in [0.25, 0.3) is 0 Å². The monoisotopic (exact) mass is 298 g/mol. The summed E-state index contributed by atoms with van der Waals surface area (Å²) in [6, 6.07) is 10.4. The Bertz CT molecular complexity index is 636. The third kappa shape index (κ3) is 4.10. The van der Waals surface area contributed by atoms with Crippen LogP contribution in [0.1, 0.15) is 32.4 Å². The lowest BCUT2D eigenvalue weighted by atomic mass is 10.3. The molecule has 0 spiro atoms. The van der Waals surface area contributed by atoms with Crippen LogP contribution in [-0.4, -0.2) is 22.1 Å². The van der Waals surface area contributed by atoms with E-state index in [-0.39, 0.29) is 6.10 Å². The van der Waals surface area contributed by atoms with Gasteiger partial charge in [-0.2, -0.15) is 4.98 Å². The first-order chi connectivity index (χ1) is 10.6. The van der Waals surface area contributed by atoms with Crippen molar-refractivity contribution < 1.29 is 4.74 Å². The topological polar surface area (TPSA) is 59.1 Å². The number of hydrogen-bond acceptors (Lipinski definition) is 5. The molecular weight excluding hydrogens is 276 g/mol. The Morgan fingerprint density at radius 2 is 1.86 bits per heavy atom. The van der Waals surface area contributed by atoms with Gasteiger partial charge in [-0.05, 0) is 57.9 Å². The lowest BCUT2D eigenvalue weighted by Gasteiger charge is -2.12. The maximum Gasteiger partial charge on any atom is 0.225 e. The van der Waals surface area contributed by atoms with Gasteiger partial charge in [0, 0.05) is 23.5 Å². The van der Waals surface area contributed by atoms with Gasteiger partial charge in [0.15, 0.2) is 0 Å². The van der Waals surface area contributed by atoms with Crippen LogP contribution in [0.4, 0.5) is 17.5 Å². The van der Waals surface area contributed by atoms with Gasteiger partial charge in [-0.15, -0.1) is 0 Å². The maximum absolute atomic E-state index is 5.64. The van der Waals surface area contributed by atoms with Crippen molar-refractivity contribution in [1.29, 1.82) is 0 Å². The Labute approximate surface area is 131 Å². The summed E-state index contributed by atoms with van der Waals surface area (Å²) in [4.78, 5) is 8.94. The van der Waals surface area contributed by atoms with E-state index in [9.17, 15) is 0 Å². The molecule has 0 radical (unpaired) electrons. The molecule has 0 saturated heterocycles. The van der Waals surface area contributed by atoms with Gasteiger partial charge in [0.05, 0.1) is 6.10 Å². The first-order valence-corrected chi connectivity index (χ1v) is 7.74. The summed E-state index contributed by atoms with van der Waals surface area (Å²) in [5, 5.41) is 6.64. The predicted octanol–water partition coefficient (Wildman–Crippen LogP) is 3.89. The quantitative estimate of drug-likeness (QED) is 0.847.